The van der Waals surface area contributed by atoms with Gasteiger partial charge in [0.25, 0.3) is 5.91 Å². The number of halogens is 3. The Labute approximate surface area is 224 Å². The van der Waals surface area contributed by atoms with Crippen LogP contribution in [0.15, 0.2) is 60.9 Å². The zero-order valence-corrected chi connectivity index (χ0v) is 22.0. The fourth-order valence-corrected chi connectivity index (χ4v) is 5.16. The summed E-state index contributed by atoms with van der Waals surface area (Å²) in [6, 6.07) is 15.9. The van der Waals surface area contributed by atoms with Gasteiger partial charge in [-0.1, -0.05) is 19.9 Å². The number of anilines is 1. The molecule has 208 valence electrons. The first kappa shape index (κ1) is 28.0. The monoisotopic (exact) mass is 544 g/mol. The fraction of sp³-hybridized carbons (Fsp3) is 0.393. The Bertz CT molecular complexity index is 1340. The molecule has 4 heterocycles. The van der Waals surface area contributed by atoms with E-state index in [0.717, 1.165) is 37.4 Å². The molecule has 1 spiro atoms. The SMILES string of the molecule is COc1cccc(C(=O)N2CCC3(C2)c2cccn2-c2ncccc2N3CCC(C)C)c1.O=C(O)C(F)(F)F. The lowest BCUT2D eigenvalue weighted by atomic mass is 9.88. The second-order valence-corrected chi connectivity index (χ2v) is 9.99. The number of hydrogen-bond acceptors (Lipinski definition) is 5. The van der Waals surface area contributed by atoms with Crippen LogP contribution in [0.2, 0.25) is 0 Å². The number of carbonyl (C=O) groups is 2. The number of rotatable bonds is 5. The largest absolute Gasteiger partial charge is 0.497 e. The van der Waals surface area contributed by atoms with E-state index in [1.54, 1.807) is 7.11 Å². The Hall–Kier alpha value is -4.02. The molecule has 1 unspecified atom stereocenters. The minimum absolute atomic E-state index is 0.0553. The minimum atomic E-state index is -5.08. The van der Waals surface area contributed by atoms with Gasteiger partial charge in [-0.25, -0.2) is 9.78 Å². The van der Waals surface area contributed by atoms with Crippen LogP contribution in [0, 0.1) is 5.92 Å². The first-order chi connectivity index (χ1) is 18.5. The number of methoxy groups -OCH3 is 1. The molecule has 1 amide bonds. The molecule has 11 heteroatoms. The predicted octanol–water partition coefficient (Wildman–Crippen LogP) is 5.12. The topological polar surface area (TPSA) is 87.9 Å². The number of pyridine rings is 1. The van der Waals surface area contributed by atoms with Gasteiger partial charge in [-0.05, 0) is 61.2 Å². The van der Waals surface area contributed by atoms with Crippen LogP contribution in [0.1, 0.15) is 42.7 Å². The molecule has 1 atom stereocenters. The Morgan fingerprint density at radius 1 is 1.15 bits per heavy atom. The van der Waals surface area contributed by atoms with E-state index in [-0.39, 0.29) is 11.4 Å². The number of fused-ring (bicyclic) bond motifs is 4. The summed E-state index contributed by atoms with van der Waals surface area (Å²) < 4.78 is 39.3. The van der Waals surface area contributed by atoms with E-state index in [1.165, 1.54) is 5.69 Å². The molecule has 0 bridgehead atoms. The average Bonchev–Trinajstić information content (AvgIpc) is 3.57. The van der Waals surface area contributed by atoms with Crippen LogP contribution >= 0.6 is 0 Å². The summed E-state index contributed by atoms with van der Waals surface area (Å²) in [5.41, 5.74) is 2.77. The van der Waals surface area contributed by atoms with Crippen LogP contribution in [0.5, 0.6) is 5.75 Å². The Morgan fingerprint density at radius 2 is 1.90 bits per heavy atom. The lowest BCUT2D eigenvalue weighted by Crippen LogP contribution is -2.53. The lowest BCUT2D eigenvalue weighted by molar-refractivity contribution is -0.192. The van der Waals surface area contributed by atoms with Crippen molar-refractivity contribution >= 4 is 17.6 Å². The van der Waals surface area contributed by atoms with Crippen LogP contribution < -0.4 is 9.64 Å². The summed E-state index contributed by atoms with van der Waals surface area (Å²) in [5, 5.41) is 7.12. The van der Waals surface area contributed by atoms with Crippen LogP contribution in [-0.4, -0.2) is 64.4 Å². The molecule has 1 fully saturated rings. The van der Waals surface area contributed by atoms with Gasteiger partial charge in [-0.3, -0.25) is 4.79 Å². The second kappa shape index (κ2) is 11.0. The fourth-order valence-electron chi connectivity index (χ4n) is 5.16. The molecular formula is C28H31F3N4O4. The molecule has 0 saturated carbocycles. The molecule has 0 aliphatic carbocycles. The third kappa shape index (κ3) is 5.57. The second-order valence-electron chi connectivity index (χ2n) is 9.99. The number of carboxylic acid groups (broad SMARTS) is 1. The number of aliphatic carboxylic acids is 1. The summed E-state index contributed by atoms with van der Waals surface area (Å²) in [6.45, 7) is 6.82. The van der Waals surface area contributed by atoms with Gasteiger partial charge in [-0.15, -0.1) is 0 Å². The molecule has 5 rings (SSSR count). The van der Waals surface area contributed by atoms with Crippen molar-refractivity contribution < 1.29 is 32.6 Å². The van der Waals surface area contributed by atoms with Crippen molar-refractivity contribution in [3.05, 3.63) is 72.2 Å². The molecule has 1 aromatic carbocycles. The number of ether oxygens (including phenoxy) is 1. The number of alkyl halides is 3. The van der Waals surface area contributed by atoms with E-state index in [9.17, 15) is 18.0 Å². The number of aromatic nitrogens is 2. The van der Waals surface area contributed by atoms with Gasteiger partial charge in [-0.2, -0.15) is 13.2 Å². The molecule has 39 heavy (non-hydrogen) atoms. The molecule has 2 aliphatic rings. The van der Waals surface area contributed by atoms with Gasteiger partial charge < -0.3 is 24.2 Å². The molecule has 3 aromatic rings. The number of carboxylic acids is 1. The third-order valence-electron chi connectivity index (χ3n) is 7.05. The maximum atomic E-state index is 13.4. The number of likely N-dealkylation sites (tertiary alicyclic amines) is 1. The van der Waals surface area contributed by atoms with E-state index in [2.05, 4.69) is 47.7 Å². The highest BCUT2D eigenvalue weighted by Crippen LogP contribution is 2.47. The first-order valence-corrected chi connectivity index (χ1v) is 12.6. The molecule has 0 radical (unpaired) electrons. The summed E-state index contributed by atoms with van der Waals surface area (Å²) >= 11 is 0. The number of benzene rings is 1. The maximum Gasteiger partial charge on any atom is 0.490 e. The summed E-state index contributed by atoms with van der Waals surface area (Å²) in [5.74, 6) is -0.432. The van der Waals surface area contributed by atoms with Gasteiger partial charge in [0.2, 0.25) is 0 Å². The van der Waals surface area contributed by atoms with Crippen molar-refractivity contribution in [3.8, 4) is 11.6 Å². The molecule has 2 aromatic heterocycles. The maximum absolute atomic E-state index is 13.4. The van der Waals surface area contributed by atoms with Crippen molar-refractivity contribution in [3.63, 3.8) is 0 Å². The standard InChI is InChI=1S/C26H30N4O2.C2HF3O2/c1-19(2)11-15-30-22-9-5-13-27-24(22)29-14-6-10-23(29)26(30)12-16-28(18-26)25(31)20-7-4-8-21(17-20)32-3;3-2(4,5)1(6)7/h4-10,13-14,17,19H,11-12,15-16,18H2,1-3H3;(H,6,7). The highest BCUT2D eigenvalue weighted by molar-refractivity contribution is 5.95. The van der Waals surface area contributed by atoms with E-state index >= 15 is 0 Å². The van der Waals surface area contributed by atoms with Crippen molar-refractivity contribution in [2.75, 3.05) is 31.6 Å². The van der Waals surface area contributed by atoms with Crippen molar-refractivity contribution in [1.29, 1.82) is 0 Å². The van der Waals surface area contributed by atoms with Crippen LogP contribution in [0.3, 0.4) is 0 Å². The predicted molar refractivity (Wildman–Crippen MR) is 139 cm³/mol. The Kier molecular flexibility index (Phi) is 7.89. The lowest BCUT2D eigenvalue weighted by Gasteiger charge is -2.47. The van der Waals surface area contributed by atoms with Gasteiger partial charge in [0.05, 0.1) is 18.5 Å². The van der Waals surface area contributed by atoms with E-state index < -0.39 is 12.1 Å². The van der Waals surface area contributed by atoms with Crippen LogP contribution in [0.4, 0.5) is 18.9 Å². The molecule has 8 nitrogen and oxygen atoms in total. The zero-order chi connectivity index (χ0) is 28.4. The van der Waals surface area contributed by atoms with Crippen LogP contribution in [0.25, 0.3) is 5.82 Å². The van der Waals surface area contributed by atoms with Gasteiger partial charge in [0, 0.05) is 37.6 Å². The summed E-state index contributed by atoms with van der Waals surface area (Å²) in [4.78, 5) is 31.6. The number of nitrogens with zero attached hydrogens (tertiary/aromatic N) is 4. The van der Waals surface area contributed by atoms with Gasteiger partial charge >= 0.3 is 12.1 Å². The van der Waals surface area contributed by atoms with Gasteiger partial charge in [0.15, 0.2) is 5.82 Å². The molecular weight excluding hydrogens is 513 g/mol. The minimum Gasteiger partial charge on any atom is -0.497 e. The zero-order valence-electron chi connectivity index (χ0n) is 22.0. The number of carbonyl (C=O) groups excluding carboxylic acids is 1. The van der Waals surface area contributed by atoms with Crippen molar-refractivity contribution in [1.82, 2.24) is 14.5 Å². The van der Waals surface area contributed by atoms with Crippen LogP contribution in [-0.2, 0) is 10.3 Å². The molecule has 1 saturated heterocycles. The molecule has 2 aliphatic heterocycles. The first-order valence-electron chi connectivity index (χ1n) is 12.6. The van der Waals surface area contributed by atoms with Crippen molar-refractivity contribution in [2.45, 2.75) is 38.4 Å². The number of hydrogen-bond donors (Lipinski definition) is 1. The average molecular weight is 545 g/mol. The Balaban J connectivity index is 0.000000448. The highest BCUT2D eigenvalue weighted by Gasteiger charge is 2.50. The third-order valence-corrected chi connectivity index (χ3v) is 7.05. The van der Waals surface area contributed by atoms with E-state index in [4.69, 9.17) is 19.6 Å². The highest BCUT2D eigenvalue weighted by atomic mass is 19.4. The van der Waals surface area contributed by atoms with E-state index in [1.807, 2.05) is 41.4 Å². The van der Waals surface area contributed by atoms with E-state index in [0.29, 0.717) is 23.8 Å². The summed E-state index contributed by atoms with van der Waals surface area (Å²) in [7, 11) is 1.63. The Morgan fingerprint density at radius 3 is 2.56 bits per heavy atom. The smallest absolute Gasteiger partial charge is 0.490 e. The number of amides is 1. The quantitative estimate of drug-likeness (QED) is 0.480. The van der Waals surface area contributed by atoms with Gasteiger partial charge in [0.1, 0.15) is 11.3 Å². The summed E-state index contributed by atoms with van der Waals surface area (Å²) in [6.07, 6.45) is 0.837. The normalized spacial score (nSPS) is 17.9. The molecule has 1 N–H and O–H groups in total. The van der Waals surface area contributed by atoms with Crippen molar-refractivity contribution in [2.24, 2.45) is 5.92 Å².